The minimum atomic E-state index is -0.115. The van der Waals surface area contributed by atoms with Crippen molar-refractivity contribution in [3.05, 3.63) is 48.0 Å². The summed E-state index contributed by atoms with van der Waals surface area (Å²) in [4.78, 5) is 4.46. The Kier molecular flexibility index (Phi) is 4.15. The predicted octanol–water partition coefficient (Wildman–Crippen LogP) is 4.19. The Balaban J connectivity index is 2.17. The maximum absolute atomic E-state index is 5.96. The average molecular weight is 272 g/mol. The molecule has 0 fully saturated rings. The second-order valence-electron chi connectivity index (χ2n) is 5.55. The van der Waals surface area contributed by atoms with Crippen molar-refractivity contribution < 1.29 is 0 Å². The molecule has 3 heteroatoms. The van der Waals surface area contributed by atoms with Crippen molar-refractivity contribution >= 4 is 27.7 Å². The summed E-state index contributed by atoms with van der Waals surface area (Å²) in [5.41, 5.74) is 7.15. The van der Waals surface area contributed by atoms with Crippen LogP contribution < -0.4 is 5.73 Å². The zero-order valence-corrected chi connectivity index (χ0v) is 12.5. The summed E-state index contributed by atoms with van der Waals surface area (Å²) in [5, 5.41) is 3.22. The summed E-state index contributed by atoms with van der Waals surface area (Å²) in [7, 11) is 0. The molecule has 0 unspecified atom stereocenters. The molecule has 2 aromatic carbocycles. The van der Waals surface area contributed by atoms with Crippen molar-refractivity contribution in [2.45, 2.75) is 32.1 Å². The van der Waals surface area contributed by atoms with Crippen LogP contribution in [-0.2, 0) is 5.75 Å². The molecule has 19 heavy (non-hydrogen) atoms. The van der Waals surface area contributed by atoms with Gasteiger partial charge in [-0.3, -0.25) is 4.99 Å². The van der Waals surface area contributed by atoms with Crippen LogP contribution in [0, 0.1) is 0 Å². The van der Waals surface area contributed by atoms with Crippen LogP contribution >= 0.6 is 11.8 Å². The number of amidine groups is 1. The van der Waals surface area contributed by atoms with Crippen molar-refractivity contribution in [1.82, 2.24) is 0 Å². The van der Waals surface area contributed by atoms with Crippen LogP contribution in [0.1, 0.15) is 26.3 Å². The summed E-state index contributed by atoms with van der Waals surface area (Å²) in [5.74, 6) is 0.854. The van der Waals surface area contributed by atoms with Gasteiger partial charge in [0.2, 0.25) is 0 Å². The molecule has 0 bridgehead atoms. The Bertz CT molecular complexity index is 592. The van der Waals surface area contributed by atoms with E-state index in [1.54, 1.807) is 11.8 Å². The Morgan fingerprint density at radius 1 is 1.11 bits per heavy atom. The van der Waals surface area contributed by atoms with E-state index >= 15 is 0 Å². The van der Waals surface area contributed by atoms with Gasteiger partial charge in [0.25, 0.3) is 0 Å². The first kappa shape index (κ1) is 13.9. The highest BCUT2D eigenvalue weighted by Crippen LogP contribution is 2.23. The molecule has 0 aliphatic rings. The number of hydrogen-bond acceptors (Lipinski definition) is 2. The minimum absolute atomic E-state index is 0.115. The van der Waals surface area contributed by atoms with E-state index in [9.17, 15) is 0 Å². The number of fused-ring (bicyclic) bond motifs is 1. The molecule has 0 radical (unpaired) electrons. The van der Waals surface area contributed by atoms with Crippen LogP contribution in [0.3, 0.4) is 0 Å². The molecule has 2 nitrogen and oxygen atoms in total. The monoisotopic (exact) mass is 272 g/mol. The normalized spacial score (nSPS) is 12.9. The predicted molar refractivity (Wildman–Crippen MR) is 86.6 cm³/mol. The number of rotatable bonds is 2. The number of thioether (sulfide) groups is 1. The Morgan fingerprint density at radius 2 is 1.79 bits per heavy atom. The van der Waals surface area contributed by atoms with Gasteiger partial charge < -0.3 is 5.73 Å². The summed E-state index contributed by atoms with van der Waals surface area (Å²) in [6, 6.07) is 14.8. The first-order valence-electron chi connectivity index (χ1n) is 6.40. The summed E-state index contributed by atoms with van der Waals surface area (Å²) >= 11 is 1.60. The Hall–Kier alpha value is -1.48. The van der Waals surface area contributed by atoms with Gasteiger partial charge in [0, 0.05) is 5.75 Å². The highest BCUT2D eigenvalue weighted by atomic mass is 32.2. The van der Waals surface area contributed by atoms with Gasteiger partial charge in [0.1, 0.15) is 0 Å². The molecule has 0 aromatic heterocycles. The molecule has 0 amide bonds. The fraction of sp³-hybridized carbons (Fsp3) is 0.312. The third kappa shape index (κ3) is 4.00. The zero-order chi connectivity index (χ0) is 13.9. The van der Waals surface area contributed by atoms with Gasteiger partial charge in [-0.25, -0.2) is 0 Å². The molecular formula is C16H20N2S. The highest BCUT2D eigenvalue weighted by Gasteiger charge is 2.09. The number of nitrogens with zero attached hydrogens (tertiary/aromatic N) is 1. The Morgan fingerprint density at radius 3 is 2.53 bits per heavy atom. The number of hydrogen-bond donors (Lipinski definition) is 1. The summed E-state index contributed by atoms with van der Waals surface area (Å²) in [6.07, 6.45) is 0. The van der Waals surface area contributed by atoms with Crippen LogP contribution in [0.5, 0.6) is 0 Å². The van der Waals surface area contributed by atoms with Gasteiger partial charge in [0.05, 0.1) is 5.54 Å². The molecule has 2 rings (SSSR count). The third-order valence-electron chi connectivity index (χ3n) is 2.70. The molecule has 2 aromatic rings. The summed E-state index contributed by atoms with van der Waals surface area (Å²) < 4.78 is 0. The zero-order valence-electron chi connectivity index (χ0n) is 11.7. The standard InChI is InChI=1S/C16H20N2S/c1-16(2,3)18-15(17)19-11-13-9-6-8-12-7-4-5-10-14(12)13/h4-10H,11H2,1-3H3,(H2,17,18). The van der Waals surface area contributed by atoms with Crippen molar-refractivity contribution in [2.24, 2.45) is 10.7 Å². The molecule has 0 saturated heterocycles. The van der Waals surface area contributed by atoms with Crippen LogP contribution in [-0.4, -0.2) is 10.7 Å². The average Bonchev–Trinajstić information content (AvgIpc) is 2.34. The molecule has 0 saturated carbocycles. The lowest BCUT2D eigenvalue weighted by molar-refractivity contribution is 0.585. The first-order valence-corrected chi connectivity index (χ1v) is 7.39. The SMILES string of the molecule is CC(C)(C)N=C(N)SCc1cccc2ccccc12. The molecule has 0 heterocycles. The van der Waals surface area contributed by atoms with E-state index in [4.69, 9.17) is 5.73 Å². The molecule has 0 spiro atoms. The van der Waals surface area contributed by atoms with E-state index < -0.39 is 0 Å². The molecule has 2 N–H and O–H groups in total. The molecular weight excluding hydrogens is 252 g/mol. The number of aliphatic imine (C=N–C) groups is 1. The van der Waals surface area contributed by atoms with Crippen molar-refractivity contribution in [1.29, 1.82) is 0 Å². The fourth-order valence-corrected chi connectivity index (χ4v) is 2.83. The second-order valence-corrected chi connectivity index (χ2v) is 6.54. The fourth-order valence-electron chi connectivity index (χ4n) is 1.93. The van der Waals surface area contributed by atoms with Crippen molar-refractivity contribution in [3.8, 4) is 0 Å². The van der Waals surface area contributed by atoms with Gasteiger partial charge in [-0.1, -0.05) is 54.2 Å². The van der Waals surface area contributed by atoms with E-state index in [-0.39, 0.29) is 5.54 Å². The lowest BCUT2D eigenvalue weighted by atomic mass is 10.1. The second kappa shape index (κ2) is 5.66. The smallest absolute Gasteiger partial charge is 0.154 e. The van der Waals surface area contributed by atoms with E-state index in [0.717, 1.165) is 5.75 Å². The highest BCUT2D eigenvalue weighted by molar-refractivity contribution is 8.13. The van der Waals surface area contributed by atoms with Crippen LogP contribution in [0.4, 0.5) is 0 Å². The van der Waals surface area contributed by atoms with Gasteiger partial charge in [-0.05, 0) is 37.1 Å². The lowest BCUT2D eigenvalue weighted by Gasteiger charge is -2.13. The molecule has 100 valence electrons. The minimum Gasteiger partial charge on any atom is -0.379 e. The summed E-state index contributed by atoms with van der Waals surface area (Å²) in [6.45, 7) is 6.16. The van der Waals surface area contributed by atoms with E-state index in [1.165, 1.54) is 16.3 Å². The van der Waals surface area contributed by atoms with Gasteiger partial charge in [-0.15, -0.1) is 0 Å². The van der Waals surface area contributed by atoms with Crippen LogP contribution in [0.15, 0.2) is 47.5 Å². The number of benzene rings is 2. The van der Waals surface area contributed by atoms with E-state index in [2.05, 4.69) is 68.2 Å². The maximum Gasteiger partial charge on any atom is 0.154 e. The van der Waals surface area contributed by atoms with Crippen molar-refractivity contribution in [2.75, 3.05) is 0 Å². The quantitative estimate of drug-likeness (QED) is 0.657. The van der Waals surface area contributed by atoms with Crippen molar-refractivity contribution in [3.63, 3.8) is 0 Å². The third-order valence-corrected chi connectivity index (χ3v) is 3.54. The first-order chi connectivity index (χ1) is 8.96. The van der Waals surface area contributed by atoms with E-state index in [0.29, 0.717) is 5.17 Å². The van der Waals surface area contributed by atoms with Gasteiger partial charge >= 0.3 is 0 Å². The van der Waals surface area contributed by atoms with Gasteiger partial charge in [-0.2, -0.15) is 0 Å². The largest absolute Gasteiger partial charge is 0.379 e. The van der Waals surface area contributed by atoms with Crippen LogP contribution in [0.2, 0.25) is 0 Å². The molecule has 0 atom stereocenters. The topological polar surface area (TPSA) is 38.4 Å². The van der Waals surface area contributed by atoms with Crippen LogP contribution in [0.25, 0.3) is 10.8 Å². The number of nitrogens with two attached hydrogens (primary N) is 1. The lowest BCUT2D eigenvalue weighted by Crippen LogP contribution is -2.17. The van der Waals surface area contributed by atoms with E-state index in [1.807, 2.05) is 0 Å². The maximum atomic E-state index is 5.96. The van der Waals surface area contributed by atoms with Gasteiger partial charge in [0.15, 0.2) is 5.17 Å². The molecule has 0 aliphatic heterocycles. The molecule has 0 aliphatic carbocycles. The Labute approximate surface area is 119 Å².